The summed E-state index contributed by atoms with van der Waals surface area (Å²) in [6, 6.07) is 2.52. The van der Waals surface area contributed by atoms with E-state index in [0.717, 1.165) is 13.0 Å². The maximum atomic E-state index is 4.08. The number of nitrogens with zero attached hydrogens (tertiary/aromatic N) is 2. The predicted molar refractivity (Wildman–Crippen MR) is 65.2 cm³/mol. The molecule has 0 saturated heterocycles. The van der Waals surface area contributed by atoms with Crippen molar-refractivity contribution in [3.63, 3.8) is 0 Å². The minimum atomic E-state index is 0.494. The Morgan fingerprint density at radius 1 is 1.47 bits per heavy atom. The fraction of sp³-hybridized carbons (Fsp3) is 0.583. The first-order valence-corrected chi connectivity index (χ1v) is 5.41. The maximum Gasteiger partial charge on any atom is 0.0402 e. The lowest BCUT2D eigenvalue weighted by molar-refractivity contribution is 0.390. The molecule has 0 aliphatic carbocycles. The molecule has 0 aliphatic heterocycles. The van der Waals surface area contributed by atoms with Gasteiger partial charge in [0, 0.05) is 24.1 Å². The Bertz CT molecular complexity index is 297. The van der Waals surface area contributed by atoms with Crippen molar-refractivity contribution in [2.75, 3.05) is 26.0 Å². The molecule has 0 amide bonds. The molecule has 0 spiro atoms. The number of pyridine rings is 1. The van der Waals surface area contributed by atoms with E-state index in [2.05, 4.69) is 43.1 Å². The second-order valence-electron chi connectivity index (χ2n) is 4.33. The minimum Gasteiger partial charge on any atom is -0.382 e. The number of nitrogens with one attached hydrogen (secondary N) is 1. The second kappa shape index (κ2) is 5.71. The quantitative estimate of drug-likeness (QED) is 0.802. The van der Waals surface area contributed by atoms with E-state index in [0.29, 0.717) is 6.04 Å². The first kappa shape index (κ1) is 12.0. The Labute approximate surface area is 92.5 Å². The van der Waals surface area contributed by atoms with Crippen molar-refractivity contribution in [1.29, 1.82) is 0 Å². The number of hydrogen-bond acceptors (Lipinski definition) is 3. The largest absolute Gasteiger partial charge is 0.382 e. The van der Waals surface area contributed by atoms with E-state index in [-0.39, 0.29) is 0 Å². The molecule has 1 unspecified atom stereocenters. The third-order valence-corrected chi connectivity index (χ3v) is 2.43. The predicted octanol–water partition coefficient (Wildman–Crippen LogP) is 2.14. The lowest BCUT2D eigenvalue weighted by Crippen LogP contribution is -2.23. The van der Waals surface area contributed by atoms with Crippen LogP contribution in [0.15, 0.2) is 18.5 Å². The van der Waals surface area contributed by atoms with Crippen LogP contribution in [0.4, 0.5) is 5.69 Å². The van der Waals surface area contributed by atoms with Crippen LogP contribution in [0.2, 0.25) is 0 Å². The molecule has 3 nitrogen and oxygen atoms in total. The van der Waals surface area contributed by atoms with Crippen LogP contribution in [-0.4, -0.2) is 36.6 Å². The highest BCUT2D eigenvalue weighted by Crippen LogP contribution is 2.13. The zero-order chi connectivity index (χ0) is 11.3. The summed E-state index contributed by atoms with van der Waals surface area (Å²) in [5.41, 5.74) is 2.39. The Morgan fingerprint density at radius 2 is 2.20 bits per heavy atom. The van der Waals surface area contributed by atoms with Gasteiger partial charge < -0.3 is 10.2 Å². The first-order chi connectivity index (χ1) is 7.09. The summed E-state index contributed by atoms with van der Waals surface area (Å²) in [7, 11) is 4.20. The lowest BCUT2D eigenvalue weighted by atomic mass is 10.2. The molecule has 1 aromatic heterocycles. The maximum absolute atomic E-state index is 4.08. The van der Waals surface area contributed by atoms with Crippen LogP contribution in [0, 0.1) is 6.92 Å². The molecule has 0 aliphatic rings. The summed E-state index contributed by atoms with van der Waals surface area (Å²) in [5.74, 6) is 0. The Kier molecular flexibility index (Phi) is 4.56. The molecule has 1 N–H and O–H groups in total. The molecule has 0 fully saturated rings. The van der Waals surface area contributed by atoms with Crippen LogP contribution in [0.5, 0.6) is 0 Å². The van der Waals surface area contributed by atoms with Crippen LogP contribution in [-0.2, 0) is 0 Å². The first-order valence-electron chi connectivity index (χ1n) is 5.41. The molecule has 3 heteroatoms. The fourth-order valence-electron chi connectivity index (χ4n) is 1.42. The van der Waals surface area contributed by atoms with E-state index in [9.17, 15) is 0 Å². The number of anilines is 1. The molecule has 1 rings (SSSR count). The van der Waals surface area contributed by atoms with Gasteiger partial charge in [0.15, 0.2) is 0 Å². The molecular weight excluding hydrogens is 186 g/mol. The molecule has 1 heterocycles. The highest BCUT2D eigenvalue weighted by Gasteiger charge is 2.04. The van der Waals surface area contributed by atoms with Crippen LogP contribution < -0.4 is 5.32 Å². The summed E-state index contributed by atoms with van der Waals surface area (Å²) >= 11 is 0. The third kappa shape index (κ3) is 4.30. The zero-order valence-electron chi connectivity index (χ0n) is 10.1. The highest BCUT2D eigenvalue weighted by atomic mass is 15.1. The summed E-state index contributed by atoms with van der Waals surface area (Å²) in [4.78, 5) is 6.28. The molecule has 1 atom stereocenters. The second-order valence-corrected chi connectivity index (χ2v) is 4.33. The summed E-state index contributed by atoms with van der Waals surface area (Å²) in [6.07, 6.45) is 4.86. The van der Waals surface area contributed by atoms with E-state index in [1.54, 1.807) is 0 Å². The van der Waals surface area contributed by atoms with Gasteiger partial charge in [0.05, 0.1) is 0 Å². The van der Waals surface area contributed by atoms with Gasteiger partial charge >= 0.3 is 0 Å². The molecular formula is C12H21N3. The fourth-order valence-corrected chi connectivity index (χ4v) is 1.42. The van der Waals surface area contributed by atoms with Gasteiger partial charge in [-0.1, -0.05) is 0 Å². The van der Waals surface area contributed by atoms with Crippen molar-refractivity contribution < 1.29 is 0 Å². The monoisotopic (exact) mass is 207 g/mol. The van der Waals surface area contributed by atoms with Crippen LogP contribution in [0.3, 0.4) is 0 Å². The normalized spacial score (nSPS) is 12.9. The van der Waals surface area contributed by atoms with E-state index in [1.807, 2.05) is 18.5 Å². The van der Waals surface area contributed by atoms with Crippen LogP contribution in [0.25, 0.3) is 0 Å². The molecule has 1 aromatic rings. The molecule has 0 aromatic carbocycles. The van der Waals surface area contributed by atoms with E-state index < -0.39 is 0 Å². The van der Waals surface area contributed by atoms with Crippen molar-refractivity contribution in [3.8, 4) is 0 Å². The van der Waals surface area contributed by atoms with Crippen molar-refractivity contribution in [2.24, 2.45) is 0 Å². The molecule has 84 valence electrons. The van der Waals surface area contributed by atoms with Crippen LogP contribution in [0.1, 0.15) is 18.9 Å². The smallest absolute Gasteiger partial charge is 0.0402 e. The van der Waals surface area contributed by atoms with Gasteiger partial charge in [-0.25, -0.2) is 0 Å². The van der Waals surface area contributed by atoms with Crippen molar-refractivity contribution in [3.05, 3.63) is 24.0 Å². The number of rotatable bonds is 5. The van der Waals surface area contributed by atoms with Crippen LogP contribution >= 0.6 is 0 Å². The average Bonchev–Trinajstić information content (AvgIpc) is 2.18. The van der Waals surface area contributed by atoms with Gasteiger partial charge in [-0.05, 0) is 52.5 Å². The lowest BCUT2D eigenvalue weighted by Gasteiger charge is -2.18. The van der Waals surface area contributed by atoms with Gasteiger partial charge in [0.2, 0.25) is 0 Å². The Hall–Kier alpha value is -1.09. The summed E-state index contributed by atoms with van der Waals surface area (Å²) in [5, 5.41) is 3.50. The van der Waals surface area contributed by atoms with Gasteiger partial charge in [-0.3, -0.25) is 4.98 Å². The van der Waals surface area contributed by atoms with Crippen molar-refractivity contribution >= 4 is 5.69 Å². The van der Waals surface area contributed by atoms with E-state index in [1.165, 1.54) is 11.3 Å². The average molecular weight is 207 g/mol. The minimum absolute atomic E-state index is 0.494. The number of aryl methyl sites for hydroxylation is 1. The summed E-state index contributed by atoms with van der Waals surface area (Å²) < 4.78 is 0. The Morgan fingerprint density at radius 3 is 2.80 bits per heavy atom. The van der Waals surface area contributed by atoms with Crippen molar-refractivity contribution in [1.82, 2.24) is 9.88 Å². The van der Waals surface area contributed by atoms with E-state index >= 15 is 0 Å². The highest BCUT2D eigenvalue weighted by molar-refractivity contribution is 5.49. The van der Waals surface area contributed by atoms with Crippen molar-refractivity contribution in [2.45, 2.75) is 26.3 Å². The third-order valence-electron chi connectivity index (χ3n) is 2.43. The topological polar surface area (TPSA) is 28.2 Å². The standard InChI is InChI=1S/C12H21N3/c1-10-9-13-7-5-12(10)14-11(2)6-8-15(3)4/h5,7,9,11H,6,8H2,1-4H3,(H,13,14). The van der Waals surface area contributed by atoms with Gasteiger partial charge in [0.1, 0.15) is 0 Å². The number of hydrogen-bond donors (Lipinski definition) is 1. The zero-order valence-corrected chi connectivity index (χ0v) is 10.1. The molecule has 0 saturated carbocycles. The molecule has 0 bridgehead atoms. The van der Waals surface area contributed by atoms with Gasteiger partial charge in [-0.15, -0.1) is 0 Å². The van der Waals surface area contributed by atoms with Gasteiger partial charge in [-0.2, -0.15) is 0 Å². The number of aromatic nitrogens is 1. The van der Waals surface area contributed by atoms with Gasteiger partial charge in [0.25, 0.3) is 0 Å². The molecule has 0 radical (unpaired) electrons. The summed E-state index contributed by atoms with van der Waals surface area (Å²) in [6.45, 7) is 5.40. The molecule has 15 heavy (non-hydrogen) atoms. The van der Waals surface area contributed by atoms with E-state index in [4.69, 9.17) is 0 Å². The SMILES string of the molecule is Cc1cnccc1NC(C)CCN(C)C. The Balaban J connectivity index is 2.44.